The molecule has 0 N–H and O–H groups in total. The van der Waals surface area contributed by atoms with Gasteiger partial charge in [-0.3, -0.25) is 4.79 Å². The predicted molar refractivity (Wildman–Crippen MR) is 65.5 cm³/mol. The number of benzene rings is 1. The van der Waals surface area contributed by atoms with Crippen molar-refractivity contribution in [2.24, 2.45) is 0 Å². The van der Waals surface area contributed by atoms with Crippen LogP contribution in [0.5, 0.6) is 0 Å². The molecule has 100 valence electrons. The molecule has 1 aliphatic heterocycles. The van der Waals surface area contributed by atoms with Crippen LogP contribution < -0.4 is 5.11 Å². The number of amides is 1. The lowest BCUT2D eigenvalue weighted by Gasteiger charge is -2.17. The summed E-state index contributed by atoms with van der Waals surface area (Å²) in [6.45, 7) is 2.17. The molecule has 0 aliphatic carbocycles. The maximum absolute atomic E-state index is 11.8. The summed E-state index contributed by atoms with van der Waals surface area (Å²) >= 11 is 0. The highest BCUT2D eigenvalue weighted by molar-refractivity contribution is 6.04. The molecule has 0 saturated carbocycles. The van der Waals surface area contributed by atoms with E-state index in [1.54, 1.807) is 6.92 Å². The van der Waals surface area contributed by atoms with Gasteiger partial charge in [-0.1, -0.05) is 30.3 Å². The van der Waals surface area contributed by atoms with Crippen molar-refractivity contribution >= 4 is 11.9 Å². The van der Waals surface area contributed by atoms with Gasteiger partial charge in [-0.25, -0.2) is 4.79 Å². The molecule has 0 spiro atoms. The Hall–Kier alpha value is -2.30. The van der Waals surface area contributed by atoms with Gasteiger partial charge < -0.3 is 14.7 Å². The molecule has 1 aromatic rings. The normalized spacial score (nSPS) is 15.0. The largest absolute Gasteiger partial charge is 0.868 e. The Morgan fingerprint density at radius 2 is 2.05 bits per heavy atom. The SMILES string of the molecule is CCOC(=O)C1=C([O-])C(=O)N(Cc2ccccc2)C1. The van der Waals surface area contributed by atoms with Crippen molar-refractivity contribution in [3.05, 3.63) is 47.2 Å². The van der Waals surface area contributed by atoms with Gasteiger partial charge >= 0.3 is 5.97 Å². The molecule has 5 heteroatoms. The number of esters is 1. The van der Waals surface area contributed by atoms with Gasteiger partial charge in [0, 0.05) is 6.54 Å². The van der Waals surface area contributed by atoms with E-state index in [-0.39, 0.29) is 18.7 Å². The van der Waals surface area contributed by atoms with E-state index in [9.17, 15) is 14.7 Å². The van der Waals surface area contributed by atoms with Crippen LogP contribution in [0.15, 0.2) is 41.7 Å². The first-order valence-electron chi connectivity index (χ1n) is 6.04. The van der Waals surface area contributed by atoms with Crippen molar-refractivity contribution in [3.8, 4) is 0 Å². The predicted octanol–water partition coefficient (Wildman–Crippen LogP) is 0.206. The van der Waals surface area contributed by atoms with Gasteiger partial charge in [-0.05, 0) is 18.2 Å². The molecule has 5 nitrogen and oxygen atoms in total. The van der Waals surface area contributed by atoms with Gasteiger partial charge in [0.25, 0.3) is 0 Å². The number of carbonyl (C=O) groups is 2. The summed E-state index contributed by atoms with van der Waals surface area (Å²) in [6.07, 6.45) is 0. The third-order valence-electron chi connectivity index (χ3n) is 2.84. The molecule has 0 saturated heterocycles. The second-order valence-electron chi connectivity index (χ2n) is 4.17. The van der Waals surface area contributed by atoms with E-state index in [2.05, 4.69) is 0 Å². The number of ether oxygens (including phenoxy) is 1. The average Bonchev–Trinajstić information content (AvgIpc) is 2.69. The van der Waals surface area contributed by atoms with Crippen molar-refractivity contribution in [1.29, 1.82) is 0 Å². The molecule has 0 radical (unpaired) electrons. The standard InChI is InChI=1S/C14H15NO4/c1-2-19-14(18)11-9-15(13(17)12(11)16)8-10-6-4-3-5-7-10/h3-7,16H,2,8-9H2,1H3/p-1. The maximum Gasteiger partial charge on any atom is 0.335 e. The van der Waals surface area contributed by atoms with Crippen molar-refractivity contribution in [1.82, 2.24) is 4.90 Å². The third kappa shape index (κ3) is 2.76. The maximum atomic E-state index is 11.8. The van der Waals surface area contributed by atoms with Crippen LogP contribution in [-0.4, -0.2) is 29.9 Å². The zero-order valence-electron chi connectivity index (χ0n) is 10.6. The molecule has 1 aliphatic rings. The monoisotopic (exact) mass is 260 g/mol. The summed E-state index contributed by atoms with van der Waals surface area (Å²) < 4.78 is 4.77. The number of nitrogens with zero attached hydrogens (tertiary/aromatic N) is 1. The van der Waals surface area contributed by atoms with E-state index >= 15 is 0 Å². The van der Waals surface area contributed by atoms with Crippen LogP contribution in [0.2, 0.25) is 0 Å². The summed E-state index contributed by atoms with van der Waals surface area (Å²) in [5, 5.41) is 11.7. The molecule has 0 atom stereocenters. The van der Waals surface area contributed by atoms with Gasteiger partial charge in [-0.2, -0.15) is 0 Å². The minimum atomic E-state index is -0.755. The quantitative estimate of drug-likeness (QED) is 0.725. The Balaban J connectivity index is 2.09. The van der Waals surface area contributed by atoms with Crippen LogP contribution in [0.3, 0.4) is 0 Å². The van der Waals surface area contributed by atoms with Gasteiger partial charge in [0.2, 0.25) is 5.91 Å². The molecular weight excluding hydrogens is 246 g/mol. The number of hydrogen-bond donors (Lipinski definition) is 0. The summed E-state index contributed by atoms with van der Waals surface area (Å²) in [7, 11) is 0. The molecule has 0 aromatic heterocycles. The van der Waals surface area contributed by atoms with Gasteiger partial charge in [-0.15, -0.1) is 0 Å². The molecule has 1 aromatic carbocycles. The Bertz CT molecular complexity index is 522. The molecule has 0 unspecified atom stereocenters. The Morgan fingerprint density at radius 1 is 1.37 bits per heavy atom. The third-order valence-corrected chi connectivity index (χ3v) is 2.84. The van der Waals surface area contributed by atoms with Crippen LogP contribution in [0.4, 0.5) is 0 Å². The highest BCUT2D eigenvalue weighted by Gasteiger charge is 2.29. The molecule has 1 heterocycles. The second-order valence-corrected chi connectivity index (χ2v) is 4.17. The molecule has 0 fully saturated rings. The topological polar surface area (TPSA) is 69.7 Å². The molecule has 0 bridgehead atoms. The van der Waals surface area contributed by atoms with Crippen molar-refractivity contribution in [2.45, 2.75) is 13.5 Å². The number of hydrogen-bond acceptors (Lipinski definition) is 4. The summed E-state index contributed by atoms with van der Waals surface area (Å²) in [4.78, 5) is 24.7. The minimum Gasteiger partial charge on any atom is -0.868 e. The van der Waals surface area contributed by atoms with Crippen LogP contribution in [0.1, 0.15) is 12.5 Å². The van der Waals surface area contributed by atoms with Crippen molar-refractivity contribution in [3.63, 3.8) is 0 Å². The van der Waals surface area contributed by atoms with Crippen LogP contribution >= 0.6 is 0 Å². The molecular formula is C14H14NO4-. The first-order chi connectivity index (χ1) is 9.13. The van der Waals surface area contributed by atoms with Crippen LogP contribution in [0, 0.1) is 0 Å². The van der Waals surface area contributed by atoms with E-state index in [4.69, 9.17) is 4.74 Å². The Morgan fingerprint density at radius 3 is 2.68 bits per heavy atom. The first-order valence-corrected chi connectivity index (χ1v) is 6.04. The average molecular weight is 260 g/mol. The van der Waals surface area contributed by atoms with Gasteiger partial charge in [0.15, 0.2) is 0 Å². The lowest BCUT2D eigenvalue weighted by molar-refractivity contribution is -0.299. The zero-order valence-corrected chi connectivity index (χ0v) is 10.6. The van der Waals surface area contributed by atoms with E-state index in [1.807, 2.05) is 30.3 Å². The fraction of sp³-hybridized carbons (Fsp3) is 0.286. The Labute approximate surface area is 111 Å². The van der Waals surface area contributed by atoms with E-state index < -0.39 is 17.6 Å². The fourth-order valence-corrected chi connectivity index (χ4v) is 1.91. The smallest absolute Gasteiger partial charge is 0.335 e. The summed E-state index contributed by atoms with van der Waals surface area (Å²) in [5.74, 6) is -2.10. The summed E-state index contributed by atoms with van der Waals surface area (Å²) in [5.41, 5.74) is 0.830. The highest BCUT2D eigenvalue weighted by atomic mass is 16.5. The summed E-state index contributed by atoms with van der Waals surface area (Å²) in [6, 6.07) is 9.30. The Kier molecular flexibility index (Phi) is 3.85. The number of rotatable bonds is 4. The fourth-order valence-electron chi connectivity index (χ4n) is 1.91. The van der Waals surface area contributed by atoms with Gasteiger partial charge in [0.1, 0.15) is 0 Å². The number of carbonyl (C=O) groups excluding carboxylic acids is 2. The lowest BCUT2D eigenvalue weighted by Crippen LogP contribution is -2.29. The highest BCUT2D eigenvalue weighted by Crippen LogP contribution is 2.19. The van der Waals surface area contributed by atoms with E-state index in [0.29, 0.717) is 6.54 Å². The minimum absolute atomic E-state index is 0.0192. The van der Waals surface area contributed by atoms with Crippen molar-refractivity contribution < 1.29 is 19.4 Å². The van der Waals surface area contributed by atoms with Gasteiger partial charge in [0.05, 0.1) is 18.7 Å². The zero-order chi connectivity index (χ0) is 13.8. The van der Waals surface area contributed by atoms with Crippen LogP contribution in [0.25, 0.3) is 0 Å². The lowest BCUT2D eigenvalue weighted by atomic mass is 10.2. The molecule has 19 heavy (non-hydrogen) atoms. The molecule has 1 amide bonds. The molecule has 2 rings (SSSR count). The van der Waals surface area contributed by atoms with E-state index in [0.717, 1.165) is 5.56 Å². The van der Waals surface area contributed by atoms with E-state index in [1.165, 1.54) is 4.90 Å². The second kappa shape index (κ2) is 5.56. The van der Waals surface area contributed by atoms with Crippen molar-refractivity contribution in [2.75, 3.05) is 13.2 Å². The van der Waals surface area contributed by atoms with Crippen LogP contribution in [-0.2, 0) is 20.9 Å². The first kappa shape index (κ1) is 13.1.